The molecular weight excluding hydrogens is 457 g/mol. The Labute approximate surface area is 209 Å². The molecule has 0 atom stereocenters. The van der Waals surface area contributed by atoms with Crippen LogP contribution in [0.3, 0.4) is 0 Å². The number of nitrogens with zero attached hydrogens (tertiary/aromatic N) is 3. The molecule has 0 N–H and O–H groups in total. The van der Waals surface area contributed by atoms with Gasteiger partial charge in [0.15, 0.2) is 0 Å². The molecule has 2 aliphatic rings. The van der Waals surface area contributed by atoms with E-state index in [9.17, 15) is 4.39 Å². The molecule has 0 bridgehead atoms. The second-order valence-electron chi connectivity index (χ2n) is 9.22. The molecule has 6 nitrogen and oxygen atoms in total. The summed E-state index contributed by atoms with van der Waals surface area (Å²) in [6.45, 7) is 3.09. The van der Waals surface area contributed by atoms with Crippen molar-refractivity contribution in [2.24, 2.45) is 4.99 Å². The van der Waals surface area contributed by atoms with Crippen molar-refractivity contribution in [3.8, 4) is 22.7 Å². The van der Waals surface area contributed by atoms with E-state index in [1.165, 1.54) is 23.4 Å². The third-order valence-corrected chi connectivity index (χ3v) is 7.01. The van der Waals surface area contributed by atoms with Gasteiger partial charge in [-0.3, -0.25) is 4.99 Å². The van der Waals surface area contributed by atoms with Gasteiger partial charge in [-0.1, -0.05) is 0 Å². The molecule has 6 rings (SSSR count). The Morgan fingerprint density at radius 3 is 2.64 bits per heavy atom. The molecule has 0 spiro atoms. The van der Waals surface area contributed by atoms with E-state index >= 15 is 0 Å². The topological polar surface area (TPSA) is 57.9 Å². The normalized spacial score (nSPS) is 15.5. The molecule has 2 aromatic carbocycles. The van der Waals surface area contributed by atoms with Gasteiger partial charge in [-0.05, 0) is 66.4 Å². The molecule has 184 valence electrons. The second-order valence-corrected chi connectivity index (χ2v) is 9.22. The van der Waals surface area contributed by atoms with Crippen LogP contribution in [-0.4, -0.2) is 49.3 Å². The van der Waals surface area contributed by atoms with E-state index in [-0.39, 0.29) is 5.82 Å². The highest BCUT2D eigenvalue weighted by atomic mass is 19.1. The molecule has 7 heteroatoms. The van der Waals surface area contributed by atoms with Crippen molar-refractivity contribution in [1.82, 2.24) is 9.55 Å². The molecule has 2 aliphatic heterocycles. The molecule has 0 radical (unpaired) electrons. The number of benzene rings is 2. The van der Waals surface area contributed by atoms with Gasteiger partial charge >= 0.3 is 0 Å². The SMILES string of the molecule is COCCOc1ccc(-c2c(C3CCOCC3)n(-c3ccc(F)cc3)c3cc4c(cc23)CN=C4)cn1. The maximum Gasteiger partial charge on any atom is 0.213 e. The zero-order valence-corrected chi connectivity index (χ0v) is 20.2. The fourth-order valence-corrected chi connectivity index (χ4v) is 5.29. The fraction of sp³-hybridized carbons (Fsp3) is 0.310. The minimum Gasteiger partial charge on any atom is -0.475 e. The molecule has 4 heterocycles. The average molecular weight is 486 g/mol. The van der Waals surface area contributed by atoms with E-state index in [0.29, 0.717) is 31.6 Å². The van der Waals surface area contributed by atoms with Crippen LogP contribution in [0.25, 0.3) is 27.7 Å². The molecule has 0 saturated carbocycles. The highest BCUT2D eigenvalue weighted by Gasteiger charge is 2.29. The lowest BCUT2D eigenvalue weighted by Crippen LogP contribution is -2.17. The maximum absolute atomic E-state index is 13.9. The zero-order chi connectivity index (χ0) is 24.5. The standard InChI is InChI=1S/C29H28FN3O3/c1-34-12-13-36-27-7-2-20(18-32-27)28-25-14-21-16-31-17-22(21)15-26(25)33(24-5-3-23(30)4-6-24)29(28)19-8-10-35-11-9-19/h2-7,14-15,17-19H,8-13,16H2,1H3. The molecule has 1 fully saturated rings. The number of fused-ring (bicyclic) bond motifs is 2. The van der Waals surface area contributed by atoms with Crippen molar-refractivity contribution < 1.29 is 18.6 Å². The number of methoxy groups -OCH3 is 1. The van der Waals surface area contributed by atoms with Crippen molar-refractivity contribution in [3.05, 3.63) is 77.4 Å². The molecule has 0 amide bonds. The summed E-state index contributed by atoms with van der Waals surface area (Å²) in [4.78, 5) is 9.09. The van der Waals surface area contributed by atoms with Crippen molar-refractivity contribution >= 4 is 17.1 Å². The molecule has 4 aromatic rings. The summed E-state index contributed by atoms with van der Waals surface area (Å²) in [5.41, 5.74) is 7.78. The van der Waals surface area contributed by atoms with Gasteiger partial charge in [0.1, 0.15) is 12.4 Å². The van der Waals surface area contributed by atoms with E-state index in [2.05, 4.69) is 32.7 Å². The Bertz CT molecular complexity index is 1400. The largest absolute Gasteiger partial charge is 0.475 e. The van der Waals surface area contributed by atoms with Gasteiger partial charge in [0.05, 0.1) is 18.7 Å². The average Bonchev–Trinajstić information content (AvgIpc) is 3.51. The van der Waals surface area contributed by atoms with Crippen LogP contribution < -0.4 is 4.74 Å². The van der Waals surface area contributed by atoms with E-state index in [1.807, 2.05) is 30.6 Å². The number of pyridine rings is 1. The number of aliphatic imine (C=N–C) groups is 1. The summed E-state index contributed by atoms with van der Waals surface area (Å²) in [6.07, 6.45) is 5.69. The number of ether oxygens (including phenoxy) is 3. The number of aromatic nitrogens is 2. The van der Waals surface area contributed by atoms with Crippen molar-refractivity contribution in [2.45, 2.75) is 25.3 Å². The quantitative estimate of drug-likeness (QED) is 0.316. The summed E-state index contributed by atoms with van der Waals surface area (Å²) in [6, 6.07) is 15.2. The Morgan fingerprint density at radius 2 is 1.89 bits per heavy atom. The first-order valence-electron chi connectivity index (χ1n) is 12.4. The minimum atomic E-state index is -0.246. The second kappa shape index (κ2) is 9.84. The maximum atomic E-state index is 13.9. The van der Waals surface area contributed by atoms with Crippen LogP contribution in [0, 0.1) is 5.82 Å². The van der Waals surface area contributed by atoms with E-state index in [0.717, 1.165) is 59.3 Å². The van der Waals surface area contributed by atoms with Crippen LogP contribution in [0.1, 0.15) is 35.6 Å². The number of halogens is 1. The van der Waals surface area contributed by atoms with Gasteiger partial charge in [0, 0.05) is 72.6 Å². The van der Waals surface area contributed by atoms with Crippen LogP contribution >= 0.6 is 0 Å². The number of hydrogen-bond acceptors (Lipinski definition) is 5. The highest BCUT2D eigenvalue weighted by molar-refractivity contribution is 6.03. The summed E-state index contributed by atoms with van der Waals surface area (Å²) in [5, 5.41) is 1.15. The third-order valence-electron chi connectivity index (χ3n) is 7.01. The third kappa shape index (κ3) is 4.18. The van der Waals surface area contributed by atoms with Gasteiger partial charge in [-0.2, -0.15) is 0 Å². The predicted octanol–water partition coefficient (Wildman–Crippen LogP) is 5.68. The van der Waals surface area contributed by atoms with Gasteiger partial charge in [-0.15, -0.1) is 0 Å². The number of hydrogen-bond donors (Lipinski definition) is 0. The smallest absolute Gasteiger partial charge is 0.213 e. The predicted molar refractivity (Wildman–Crippen MR) is 138 cm³/mol. The molecule has 0 unspecified atom stereocenters. The summed E-state index contributed by atoms with van der Waals surface area (Å²) in [7, 11) is 1.65. The Hall–Kier alpha value is -3.55. The van der Waals surface area contributed by atoms with E-state index in [1.54, 1.807) is 7.11 Å². The molecule has 1 saturated heterocycles. The summed E-state index contributed by atoms with van der Waals surface area (Å²) in [5.74, 6) is 0.622. The van der Waals surface area contributed by atoms with E-state index < -0.39 is 0 Å². The lowest BCUT2D eigenvalue weighted by atomic mass is 9.90. The monoisotopic (exact) mass is 485 g/mol. The Balaban J connectivity index is 1.58. The van der Waals surface area contributed by atoms with Crippen LogP contribution in [0.15, 0.2) is 59.7 Å². The first kappa shape index (κ1) is 22.9. The van der Waals surface area contributed by atoms with Crippen LogP contribution in [0.2, 0.25) is 0 Å². The van der Waals surface area contributed by atoms with Crippen molar-refractivity contribution in [1.29, 1.82) is 0 Å². The van der Waals surface area contributed by atoms with Crippen LogP contribution in [-0.2, 0) is 16.0 Å². The summed E-state index contributed by atoms with van der Waals surface area (Å²) < 4.78 is 32.7. The minimum absolute atomic E-state index is 0.246. The van der Waals surface area contributed by atoms with Crippen LogP contribution in [0.5, 0.6) is 5.88 Å². The number of rotatable bonds is 7. The first-order valence-corrected chi connectivity index (χ1v) is 12.4. The van der Waals surface area contributed by atoms with Gasteiger partial charge in [0.25, 0.3) is 0 Å². The summed E-state index contributed by atoms with van der Waals surface area (Å²) >= 11 is 0. The van der Waals surface area contributed by atoms with Gasteiger partial charge in [0.2, 0.25) is 5.88 Å². The van der Waals surface area contributed by atoms with E-state index in [4.69, 9.17) is 14.2 Å². The van der Waals surface area contributed by atoms with Crippen LogP contribution in [0.4, 0.5) is 4.39 Å². The lowest BCUT2D eigenvalue weighted by molar-refractivity contribution is 0.0843. The van der Waals surface area contributed by atoms with Gasteiger partial charge in [-0.25, -0.2) is 9.37 Å². The Morgan fingerprint density at radius 1 is 1.06 bits per heavy atom. The van der Waals surface area contributed by atoms with Gasteiger partial charge < -0.3 is 18.8 Å². The Kier molecular flexibility index (Phi) is 6.25. The van der Waals surface area contributed by atoms with Crippen molar-refractivity contribution in [2.75, 3.05) is 33.5 Å². The zero-order valence-electron chi connectivity index (χ0n) is 20.2. The molecule has 2 aromatic heterocycles. The molecular formula is C29H28FN3O3. The first-order chi connectivity index (χ1) is 17.7. The highest BCUT2D eigenvalue weighted by Crippen LogP contribution is 2.44. The molecule has 36 heavy (non-hydrogen) atoms. The molecule has 0 aliphatic carbocycles. The lowest BCUT2D eigenvalue weighted by Gasteiger charge is -2.25. The van der Waals surface area contributed by atoms with Crippen molar-refractivity contribution in [3.63, 3.8) is 0 Å². The fourth-order valence-electron chi connectivity index (χ4n) is 5.29.